The Bertz CT molecular complexity index is 375. The largest absolute Gasteiger partial charge is 0.393 e. The molecule has 0 aromatic carbocycles. The van der Waals surface area contributed by atoms with Crippen molar-refractivity contribution < 1.29 is 14.6 Å². The Morgan fingerprint density at radius 1 is 1.19 bits per heavy atom. The number of aliphatic hydroxyl groups is 1. The molecule has 1 saturated heterocycles. The molecule has 3 unspecified atom stereocenters. The Morgan fingerprint density at radius 3 is 2.57 bits per heavy atom. The van der Waals surface area contributed by atoms with Crippen LogP contribution in [0.2, 0.25) is 0 Å². The fraction of sp³-hybridized carbons (Fsp3) is 0.941. The second kappa shape index (κ2) is 6.25. The van der Waals surface area contributed by atoms with E-state index in [2.05, 4.69) is 4.90 Å². The standard InChI is InChI=1S/C17H29NO3/c1-21-17(9-5-10-17)12-16(20)18-11-4-7-14(18)13-6-2-3-8-15(13)19/h13-15,19H,2-12H2,1H3. The van der Waals surface area contributed by atoms with Crippen LogP contribution in [0, 0.1) is 5.92 Å². The summed E-state index contributed by atoms with van der Waals surface area (Å²) in [6.07, 6.45) is 9.97. The molecule has 0 aromatic heterocycles. The van der Waals surface area contributed by atoms with E-state index < -0.39 is 0 Å². The van der Waals surface area contributed by atoms with Gasteiger partial charge in [-0.1, -0.05) is 12.8 Å². The number of carbonyl (C=O) groups is 1. The molecule has 1 aliphatic heterocycles. The van der Waals surface area contributed by atoms with Gasteiger partial charge < -0.3 is 14.7 Å². The van der Waals surface area contributed by atoms with Crippen LogP contribution in [0.15, 0.2) is 0 Å². The van der Waals surface area contributed by atoms with Gasteiger partial charge in [0.2, 0.25) is 5.91 Å². The maximum atomic E-state index is 12.7. The second-order valence-electron chi connectivity index (χ2n) is 7.23. The second-order valence-corrected chi connectivity index (χ2v) is 7.23. The molecule has 3 rings (SSSR count). The minimum atomic E-state index is -0.211. The number of hydrogen-bond donors (Lipinski definition) is 1. The van der Waals surface area contributed by atoms with Crippen LogP contribution in [-0.2, 0) is 9.53 Å². The van der Waals surface area contributed by atoms with Gasteiger partial charge in [-0.15, -0.1) is 0 Å². The summed E-state index contributed by atoms with van der Waals surface area (Å²) in [5.74, 6) is 0.543. The molecule has 0 aromatic rings. The van der Waals surface area contributed by atoms with Gasteiger partial charge in [0.15, 0.2) is 0 Å². The van der Waals surface area contributed by atoms with Gasteiger partial charge in [-0.2, -0.15) is 0 Å². The van der Waals surface area contributed by atoms with Crippen molar-refractivity contribution >= 4 is 5.91 Å². The third-order valence-electron chi connectivity index (χ3n) is 6.07. The van der Waals surface area contributed by atoms with Crippen LogP contribution in [0.1, 0.15) is 64.2 Å². The number of carbonyl (C=O) groups excluding carboxylic acids is 1. The molecule has 2 saturated carbocycles. The summed E-state index contributed by atoms with van der Waals surface area (Å²) in [6.45, 7) is 0.868. The molecule has 21 heavy (non-hydrogen) atoms. The lowest BCUT2D eigenvalue weighted by atomic mass is 9.76. The highest BCUT2D eigenvalue weighted by atomic mass is 16.5. The Labute approximate surface area is 127 Å². The van der Waals surface area contributed by atoms with Gasteiger partial charge in [-0.3, -0.25) is 4.79 Å². The monoisotopic (exact) mass is 295 g/mol. The maximum absolute atomic E-state index is 12.7. The average molecular weight is 295 g/mol. The molecule has 0 radical (unpaired) electrons. The van der Waals surface area contributed by atoms with Gasteiger partial charge in [-0.25, -0.2) is 0 Å². The highest BCUT2D eigenvalue weighted by molar-refractivity contribution is 5.78. The Balaban J connectivity index is 1.64. The van der Waals surface area contributed by atoms with Crippen molar-refractivity contribution in [2.75, 3.05) is 13.7 Å². The number of methoxy groups -OCH3 is 1. The van der Waals surface area contributed by atoms with E-state index in [0.717, 1.165) is 51.5 Å². The number of hydrogen-bond acceptors (Lipinski definition) is 3. The zero-order valence-electron chi connectivity index (χ0n) is 13.2. The van der Waals surface area contributed by atoms with Crippen molar-refractivity contribution in [1.29, 1.82) is 0 Å². The SMILES string of the molecule is COC1(CC(=O)N2CCCC2C2CCCCC2O)CCC1. The first-order valence-electron chi connectivity index (χ1n) is 8.68. The van der Waals surface area contributed by atoms with Crippen molar-refractivity contribution in [3.63, 3.8) is 0 Å². The molecule has 0 bridgehead atoms. The molecule has 3 aliphatic rings. The topological polar surface area (TPSA) is 49.8 Å². The van der Waals surface area contributed by atoms with Crippen LogP contribution < -0.4 is 0 Å². The van der Waals surface area contributed by atoms with Crippen LogP contribution in [0.25, 0.3) is 0 Å². The van der Waals surface area contributed by atoms with E-state index in [-0.39, 0.29) is 23.7 Å². The lowest BCUT2D eigenvalue weighted by Crippen LogP contribution is -2.49. The number of amides is 1. The van der Waals surface area contributed by atoms with Crippen molar-refractivity contribution in [2.24, 2.45) is 5.92 Å². The average Bonchev–Trinajstić information content (AvgIpc) is 2.92. The normalized spacial score (nSPS) is 35.5. The van der Waals surface area contributed by atoms with Gasteiger partial charge in [0.25, 0.3) is 0 Å². The molecule has 1 amide bonds. The highest BCUT2D eigenvalue weighted by Crippen LogP contribution is 2.40. The van der Waals surface area contributed by atoms with E-state index in [1.165, 1.54) is 12.8 Å². The third-order valence-corrected chi connectivity index (χ3v) is 6.07. The van der Waals surface area contributed by atoms with Crippen molar-refractivity contribution in [2.45, 2.75) is 82.0 Å². The fourth-order valence-electron chi connectivity index (χ4n) is 4.54. The van der Waals surface area contributed by atoms with E-state index in [9.17, 15) is 9.90 Å². The summed E-state index contributed by atoms with van der Waals surface area (Å²) < 4.78 is 5.61. The summed E-state index contributed by atoms with van der Waals surface area (Å²) in [4.78, 5) is 14.8. The maximum Gasteiger partial charge on any atom is 0.225 e. The molecule has 1 heterocycles. The first kappa shape index (κ1) is 15.3. The Hall–Kier alpha value is -0.610. The number of ether oxygens (including phenoxy) is 1. The minimum absolute atomic E-state index is 0.185. The third kappa shape index (κ3) is 2.98. The van der Waals surface area contributed by atoms with Gasteiger partial charge in [-0.05, 0) is 44.9 Å². The Morgan fingerprint density at radius 2 is 1.95 bits per heavy atom. The molecule has 120 valence electrons. The van der Waals surface area contributed by atoms with Crippen LogP contribution in [0.3, 0.4) is 0 Å². The molecule has 0 spiro atoms. The minimum Gasteiger partial charge on any atom is -0.393 e. The molecule has 4 nitrogen and oxygen atoms in total. The van der Waals surface area contributed by atoms with Crippen LogP contribution in [0.4, 0.5) is 0 Å². The van der Waals surface area contributed by atoms with Gasteiger partial charge in [0.05, 0.1) is 18.1 Å². The van der Waals surface area contributed by atoms with Crippen molar-refractivity contribution in [3.05, 3.63) is 0 Å². The summed E-state index contributed by atoms with van der Waals surface area (Å²) in [5.41, 5.74) is -0.185. The molecule has 3 fully saturated rings. The van der Waals surface area contributed by atoms with E-state index in [4.69, 9.17) is 4.74 Å². The molecular weight excluding hydrogens is 266 g/mol. The van der Waals surface area contributed by atoms with Crippen molar-refractivity contribution in [1.82, 2.24) is 4.90 Å². The number of aliphatic hydroxyl groups excluding tert-OH is 1. The smallest absolute Gasteiger partial charge is 0.225 e. The quantitative estimate of drug-likeness (QED) is 0.867. The summed E-state index contributed by atoms with van der Waals surface area (Å²) in [5, 5.41) is 10.3. The number of likely N-dealkylation sites (tertiary alicyclic amines) is 1. The van der Waals surface area contributed by atoms with Gasteiger partial charge in [0.1, 0.15) is 0 Å². The van der Waals surface area contributed by atoms with E-state index in [1.54, 1.807) is 7.11 Å². The first-order valence-corrected chi connectivity index (χ1v) is 8.68. The molecule has 4 heteroatoms. The molecular formula is C17H29NO3. The van der Waals surface area contributed by atoms with E-state index >= 15 is 0 Å². The zero-order valence-corrected chi connectivity index (χ0v) is 13.2. The summed E-state index contributed by atoms with van der Waals surface area (Å²) >= 11 is 0. The predicted molar refractivity (Wildman–Crippen MR) is 80.9 cm³/mol. The van der Waals surface area contributed by atoms with Crippen molar-refractivity contribution in [3.8, 4) is 0 Å². The number of rotatable bonds is 4. The molecule has 1 N–H and O–H groups in total. The molecule has 3 atom stereocenters. The zero-order chi connectivity index (χ0) is 14.9. The Kier molecular flexibility index (Phi) is 4.55. The van der Waals surface area contributed by atoms with E-state index in [0.29, 0.717) is 12.3 Å². The van der Waals surface area contributed by atoms with Gasteiger partial charge in [0, 0.05) is 25.6 Å². The summed E-state index contributed by atoms with van der Waals surface area (Å²) in [7, 11) is 1.73. The molecule has 2 aliphatic carbocycles. The van der Waals surface area contributed by atoms with Gasteiger partial charge >= 0.3 is 0 Å². The van der Waals surface area contributed by atoms with Crippen LogP contribution >= 0.6 is 0 Å². The highest BCUT2D eigenvalue weighted by Gasteiger charge is 2.44. The first-order chi connectivity index (χ1) is 10.2. The predicted octanol–water partition coefficient (Wildman–Crippen LogP) is 2.49. The lowest BCUT2D eigenvalue weighted by molar-refractivity contribution is -0.146. The summed E-state index contributed by atoms with van der Waals surface area (Å²) in [6, 6.07) is 0.266. The number of nitrogens with zero attached hydrogens (tertiary/aromatic N) is 1. The van der Waals surface area contributed by atoms with E-state index in [1.807, 2.05) is 0 Å². The van der Waals surface area contributed by atoms with Crippen LogP contribution in [-0.4, -0.2) is 47.3 Å². The lowest BCUT2D eigenvalue weighted by Gasteiger charge is -2.42. The fourth-order valence-corrected chi connectivity index (χ4v) is 4.54. The van der Waals surface area contributed by atoms with Crippen LogP contribution in [0.5, 0.6) is 0 Å².